The maximum Gasteiger partial charge on any atom is 0.243 e. The van der Waals surface area contributed by atoms with Crippen LogP contribution in [0.2, 0.25) is 15.1 Å². The average molecular weight is 516 g/mol. The first kappa shape index (κ1) is 26.8. The average Bonchev–Trinajstić information content (AvgIpc) is 2.70. The first-order chi connectivity index (χ1) is 15.0. The van der Waals surface area contributed by atoms with Crippen LogP contribution in [0.4, 0.5) is 0 Å². The van der Waals surface area contributed by atoms with E-state index in [4.69, 9.17) is 34.8 Å². The van der Waals surface area contributed by atoms with Gasteiger partial charge in [-0.3, -0.25) is 9.59 Å². The van der Waals surface area contributed by atoms with Crippen LogP contribution in [0.3, 0.4) is 0 Å². The molecule has 2 rings (SSSR count). The fourth-order valence-electron chi connectivity index (χ4n) is 3.16. The van der Waals surface area contributed by atoms with Crippen molar-refractivity contribution in [2.45, 2.75) is 63.6 Å². The Labute approximate surface area is 210 Å². The predicted octanol–water partition coefficient (Wildman–Crippen LogP) is 6.85. The van der Waals surface area contributed by atoms with Gasteiger partial charge in [-0.15, -0.1) is 11.8 Å². The highest BCUT2D eigenvalue weighted by Gasteiger charge is 2.31. The summed E-state index contributed by atoms with van der Waals surface area (Å²) in [5.74, 6) is 0.255. The van der Waals surface area contributed by atoms with E-state index in [9.17, 15) is 9.59 Å². The summed E-state index contributed by atoms with van der Waals surface area (Å²) in [7, 11) is 0. The minimum absolute atomic E-state index is 0.127. The quantitative estimate of drug-likeness (QED) is 0.371. The van der Waals surface area contributed by atoms with Gasteiger partial charge in [0.2, 0.25) is 11.8 Å². The molecule has 8 heteroatoms. The lowest BCUT2D eigenvalue weighted by atomic mass is 10.1. The summed E-state index contributed by atoms with van der Waals surface area (Å²) in [5, 5.41) is 4.60. The zero-order chi connectivity index (χ0) is 23.9. The first-order valence-electron chi connectivity index (χ1n) is 10.4. The molecule has 0 saturated heterocycles. The minimum Gasteiger partial charge on any atom is -0.350 e. The molecule has 32 heavy (non-hydrogen) atoms. The van der Waals surface area contributed by atoms with Crippen LogP contribution in [-0.2, 0) is 16.1 Å². The van der Waals surface area contributed by atoms with Crippen LogP contribution in [-0.4, -0.2) is 34.0 Å². The highest BCUT2D eigenvalue weighted by molar-refractivity contribution is 7.99. The Morgan fingerprint density at radius 3 is 2.16 bits per heavy atom. The van der Waals surface area contributed by atoms with E-state index in [1.165, 1.54) is 0 Å². The van der Waals surface area contributed by atoms with Crippen LogP contribution in [0.1, 0.15) is 46.1 Å². The third-order valence-corrected chi connectivity index (χ3v) is 6.65. The van der Waals surface area contributed by atoms with E-state index in [2.05, 4.69) is 5.32 Å². The Bertz CT molecular complexity index is 910. The van der Waals surface area contributed by atoms with Gasteiger partial charge >= 0.3 is 0 Å². The van der Waals surface area contributed by atoms with Crippen molar-refractivity contribution in [3.63, 3.8) is 0 Å². The Morgan fingerprint density at radius 2 is 1.62 bits per heavy atom. The third-order valence-electron chi connectivity index (χ3n) is 4.67. The molecule has 0 saturated carbocycles. The van der Waals surface area contributed by atoms with Gasteiger partial charge in [0.15, 0.2) is 0 Å². The smallest absolute Gasteiger partial charge is 0.243 e. The molecule has 1 atom stereocenters. The standard InChI is InChI=1S/C24H29Cl3N2O2S/c1-5-21(23(31)28-24(2,3)4)29(15-18-19(26)7-6-8-20(18)27)22(30)13-14-32-17-11-9-16(25)10-12-17/h6-12,21H,5,13-15H2,1-4H3,(H,28,31). The van der Waals surface area contributed by atoms with E-state index in [-0.39, 0.29) is 24.8 Å². The van der Waals surface area contributed by atoms with Gasteiger partial charge in [-0.25, -0.2) is 0 Å². The molecule has 0 bridgehead atoms. The Hall–Kier alpha value is -1.40. The monoisotopic (exact) mass is 514 g/mol. The molecule has 0 heterocycles. The fourth-order valence-corrected chi connectivity index (χ4v) is 4.64. The third kappa shape index (κ3) is 8.18. The summed E-state index contributed by atoms with van der Waals surface area (Å²) in [6.07, 6.45) is 0.745. The summed E-state index contributed by atoms with van der Waals surface area (Å²) in [6.45, 7) is 7.80. The lowest BCUT2D eigenvalue weighted by molar-refractivity contribution is -0.141. The van der Waals surface area contributed by atoms with Crippen molar-refractivity contribution in [1.82, 2.24) is 10.2 Å². The van der Waals surface area contributed by atoms with Crippen molar-refractivity contribution in [2.24, 2.45) is 0 Å². The SMILES string of the molecule is CCC(C(=O)NC(C)(C)C)N(Cc1c(Cl)cccc1Cl)C(=O)CCSc1ccc(Cl)cc1. The number of hydrogen-bond acceptors (Lipinski definition) is 3. The maximum absolute atomic E-state index is 13.3. The Kier molecular flexibility index (Phi) is 10.2. The molecular weight excluding hydrogens is 487 g/mol. The lowest BCUT2D eigenvalue weighted by Gasteiger charge is -2.33. The molecule has 1 N–H and O–H groups in total. The van der Waals surface area contributed by atoms with Crippen LogP contribution < -0.4 is 5.32 Å². The lowest BCUT2D eigenvalue weighted by Crippen LogP contribution is -2.53. The molecule has 0 aliphatic carbocycles. The maximum atomic E-state index is 13.3. The largest absolute Gasteiger partial charge is 0.350 e. The van der Waals surface area contributed by atoms with Gasteiger partial charge in [0.05, 0.1) is 0 Å². The van der Waals surface area contributed by atoms with Crippen molar-refractivity contribution in [1.29, 1.82) is 0 Å². The highest BCUT2D eigenvalue weighted by atomic mass is 35.5. The van der Waals surface area contributed by atoms with Crippen LogP contribution in [0.25, 0.3) is 0 Å². The fraction of sp³-hybridized carbons (Fsp3) is 0.417. The molecule has 0 aliphatic rings. The van der Waals surface area contributed by atoms with E-state index in [1.54, 1.807) is 34.9 Å². The predicted molar refractivity (Wildman–Crippen MR) is 136 cm³/mol. The summed E-state index contributed by atoms with van der Waals surface area (Å²) < 4.78 is 0. The number of amides is 2. The number of carbonyl (C=O) groups is 2. The Morgan fingerprint density at radius 1 is 1.03 bits per heavy atom. The van der Waals surface area contributed by atoms with Crippen molar-refractivity contribution in [3.05, 3.63) is 63.1 Å². The van der Waals surface area contributed by atoms with E-state index in [1.807, 2.05) is 52.0 Å². The van der Waals surface area contributed by atoms with E-state index < -0.39 is 11.6 Å². The number of nitrogens with one attached hydrogen (secondary N) is 1. The van der Waals surface area contributed by atoms with Crippen molar-refractivity contribution >= 4 is 58.4 Å². The van der Waals surface area contributed by atoms with Gasteiger partial charge in [-0.05, 0) is 63.6 Å². The highest BCUT2D eigenvalue weighted by Crippen LogP contribution is 2.28. The topological polar surface area (TPSA) is 49.4 Å². The number of hydrogen-bond donors (Lipinski definition) is 1. The molecule has 2 amide bonds. The van der Waals surface area contributed by atoms with Gasteiger partial charge in [0, 0.05) is 49.8 Å². The summed E-state index contributed by atoms with van der Waals surface area (Å²) >= 11 is 20.2. The summed E-state index contributed by atoms with van der Waals surface area (Å²) in [5.41, 5.74) is 0.225. The van der Waals surface area contributed by atoms with Crippen LogP contribution in [0.5, 0.6) is 0 Å². The van der Waals surface area contributed by atoms with Crippen LogP contribution >= 0.6 is 46.6 Å². The molecule has 2 aromatic rings. The second-order valence-corrected chi connectivity index (χ2v) is 10.9. The van der Waals surface area contributed by atoms with E-state index in [0.717, 1.165) is 4.90 Å². The normalized spacial score (nSPS) is 12.3. The number of thioether (sulfide) groups is 1. The molecule has 0 aliphatic heterocycles. The first-order valence-corrected chi connectivity index (χ1v) is 12.6. The van der Waals surface area contributed by atoms with Crippen LogP contribution in [0, 0.1) is 0 Å². The van der Waals surface area contributed by atoms with Crippen molar-refractivity contribution in [2.75, 3.05) is 5.75 Å². The van der Waals surface area contributed by atoms with E-state index in [0.29, 0.717) is 32.8 Å². The number of benzene rings is 2. The van der Waals surface area contributed by atoms with Crippen LogP contribution in [0.15, 0.2) is 47.4 Å². The summed E-state index contributed by atoms with van der Waals surface area (Å²) in [4.78, 5) is 29.0. The number of halogens is 3. The molecule has 2 aromatic carbocycles. The van der Waals surface area contributed by atoms with Gasteiger partial charge in [-0.1, -0.05) is 47.8 Å². The molecular formula is C24H29Cl3N2O2S. The Balaban J connectivity index is 2.22. The minimum atomic E-state index is -0.630. The van der Waals surface area contributed by atoms with Crippen molar-refractivity contribution in [3.8, 4) is 0 Å². The molecule has 4 nitrogen and oxygen atoms in total. The number of rotatable bonds is 9. The molecule has 0 aromatic heterocycles. The molecule has 174 valence electrons. The second-order valence-electron chi connectivity index (χ2n) is 8.44. The zero-order valence-electron chi connectivity index (χ0n) is 18.8. The van der Waals surface area contributed by atoms with Gasteiger partial charge < -0.3 is 10.2 Å². The number of carbonyl (C=O) groups excluding carboxylic acids is 2. The second kappa shape index (κ2) is 12.2. The molecule has 0 fully saturated rings. The van der Waals surface area contributed by atoms with Gasteiger partial charge in [-0.2, -0.15) is 0 Å². The van der Waals surface area contributed by atoms with E-state index >= 15 is 0 Å². The summed E-state index contributed by atoms with van der Waals surface area (Å²) in [6, 6.07) is 12.1. The van der Waals surface area contributed by atoms with Gasteiger partial charge in [0.25, 0.3) is 0 Å². The van der Waals surface area contributed by atoms with Gasteiger partial charge in [0.1, 0.15) is 6.04 Å². The molecule has 1 unspecified atom stereocenters. The van der Waals surface area contributed by atoms with Crippen molar-refractivity contribution < 1.29 is 9.59 Å². The molecule has 0 spiro atoms. The molecule has 0 radical (unpaired) electrons. The zero-order valence-corrected chi connectivity index (χ0v) is 21.8. The number of nitrogens with zero attached hydrogens (tertiary/aromatic N) is 1.